The molecular formula is C19H22N6O3S. The molecule has 0 saturated carbocycles. The van der Waals surface area contributed by atoms with Gasteiger partial charge in [0.1, 0.15) is 5.75 Å². The smallest absolute Gasteiger partial charge is 0.322 e. The fourth-order valence-electron chi connectivity index (χ4n) is 2.52. The molecule has 0 aliphatic carbocycles. The minimum Gasteiger partial charge on any atom is -0.496 e. The molecule has 0 fully saturated rings. The standard InChI is InChI=1S/C19H22N6O3S/c1-5-10-25-16(13-8-6-7-9-14(13)27-4)21-24-19(25)29-11-15(26)20-18-23-22-17(28-18)12(2)3/h5-9,12H,1,10-11H2,2-4H3,(H,20,23,26). The highest BCUT2D eigenvalue weighted by atomic mass is 32.2. The fourth-order valence-corrected chi connectivity index (χ4v) is 3.27. The van der Waals surface area contributed by atoms with Crippen molar-refractivity contribution in [2.75, 3.05) is 18.2 Å². The van der Waals surface area contributed by atoms with Crippen LogP contribution in [0.3, 0.4) is 0 Å². The molecule has 1 N–H and O–H groups in total. The summed E-state index contributed by atoms with van der Waals surface area (Å²) in [6, 6.07) is 7.64. The summed E-state index contributed by atoms with van der Waals surface area (Å²) in [6.45, 7) is 8.15. The molecule has 152 valence electrons. The normalized spacial score (nSPS) is 10.9. The zero-order chi connectivity index (χ0) is 20.8. The number of nitrogens with zero attached hydrogens (tertiary/aromatic N) is 5. The van der Waals surface area contributed by atoms with Crippen LogP contribution in [0.4, 0.5) is 6.01 Å². The van der Waals surface area contributed by atoms with Gasteiger partial charge in [0.05, 0.1) is 18.4 Å². The molecule has 0 bridgehead atoms. The second-order valence-corrected chi connectivity index (χ2v) is 7.29. The highest BCUT2D eigenvalue weighted by Gasteiger charge is 2.18. The second kappa shape index (κ2) is 9.37. The van der Waals surface area contributed by atoms with Crippen LogP contribution in [0, 0.1) is 0 Å². The van der Waals surface area contributed by atoms with E-state index in [1.165, 1.54) is 11.8 Å². The average Bonchev–Trinajstić information content (AvgIpc) is 3.34. The van der Waals surface area contributed by atoms with Crippen LogP contribution in [-0.2, 0) is 11.3 Å². The summed E-state index contributed by atoms with van der Waals surface area (Å²) < 4.78 is 12.7. The lowest BCUT2D eigenvalue weighted by Gasteiger charge is -2.10. The lowest BCUT2D eigenvalue weighted by Crippen LogP contribution is -2.15. The van der Waals surface area contributed by atoms with Crippen molar-refractivity contribution >= 4 is 23.7 Å². The Balaban J connectivity index is 1.73. The quantitative estimate of drug-likeness (QED) is 0.419. The van der Waals surface area contributed by atoms with Gasteiger partial charge in [-0.05, 0) is 12.1 Å². The van der Waals surface area contributed by atoms with Gasteiger partial charge in [0.15, 0.2) is 11.0 Å². The van der Waals surface area contributed by atoms with E-state index in [-0.39, 0.29) is 23.6 Å². The zero-order valence-electron chi connectivity index (χ0n) is 16.5. The molecule has 1 amide bonds. The van der Waals surface area contributed by atoms with Gasteiger partial charge in [0.25, 0.3) is 0 Å². The van der Waals surface area contributed by atoms with Gasteiger partial charge in [-0.25, -0.2) is 0 Å². The number of benzene rings is 1. The highest BCUT2D eigenvalue weighted by Crippen LogP contribution is 2.31. The lowest BCUT2D eigenvalue weighted by molar-refractivity contribution is -0.113. The number of methoxy groups -OCH3 is 1. The Morgan fingerprint density at radius 2 is 2.10 bits per heavy atom. The Labute approximate surface area is 172 Å². The SMILES string of the molecule is C=CCn1c(SCC(=O)Nc2nnc(C(C)C)o2)nnc1-c1ccccc1OC. The number of ether oxygens (including phenoxy) is 1. The van der Waals surface area contributed by atoms with Gasteiger partial charge < -0.3 is 9.15 Å². The van der Waals surface area contributed by atoms with Crippen molar-refractivity contribution in [2.24, 2.45) is 0 Å². The molecule has 0 unspecified atom stereocenters. The predicted octanol–water partition coefficient (Wildman–Crippen LogP) is 3.38. The van der Waals surface area contributed by atoms with Gasteiger partial charge in [-0.1, -0.05) is 48.9 Å². The maximum Gasteiger partial charge on any atom is 0.322 e. The van der Waals surface area contributed by atoms with Crippen molar-refractivity contribution < 1.29 is 13.9 Å². The molecule has 3 aromatic rings. The first-order valence-corrected chi connectivity index (χ1v) is 9.95. The Morgan fingerprint density at radius 3 is 2.79 bits per heavy atom. The van der Waals surface area contributed by atoms with E-state index in [9.17, 15) is 4.79 Å². The second-order valence-electron chi connectivity index (χ2n) is 6.34. The molecule has 1 aromatic carbocycles. The van der Waals surface area contributed by atoms with E-state index in [1.54, 1.807) is 13.2 Å². The van der Waals surface area contributed by atoms with Crippen molar-refractivity contribution in [3.05, 3.63) is 42.8 Å². The molecule has 10 heteroatoms. The van der Waals surface area contributed by atoms with Crippen molar-refractivity contribution in [2.45, 2.75) is 31.5 Å². The molecule has 0 radical (unpaired) electrons. The first-order valence-electron chi connectivity index (χ1n) is 8.97. The molecule has 0 aliphatic heterocycles. The number of carbonyl (C=O) groups excluding carboxylic acids is 1. The predicted molar refractivity (Wildman–Crippen MR) is 110 cm³/mol. The van der Waals surface area contributed by atoms with Crippen LogP contribution >= 0.6 is 11.8 Å². The largest absolute Gasteiger partial charge is 0.496 e. The molecule has 2 heterocycles. The third-order valence-corrected chi connectivity index (χ3v) is 4.86. The topological polar surface area (TPSA) is 108 Å². The highest BCUT2D eigenvalue weighted by molar-refractivity contribution is 7.99. The van der Waals surface area contributed by atoms with E-state index in [4.69, 9.17) is 9.15 Å². The van der Waals surface area contributed by atoms with Crippen molar-refractivity contribution in [1.82, 2.24) is 25.0 Å². The summed E-state index contributed by atoms with van der Waals surface area (Å²) in [6.07, 6.45) is 1.75. The van der Waals surface area contributed by atoms with E-state index in [0.717, 1.165) is 5.56 Å². The molecule has 3 rings (SSSR count). The zero-order valence-corrected chi connectivity index (χ0v) is 17.3. The molecule has 0 atom stereocenters. The number of hydrogen-bond acceptors (Lipinski definition) is 8. The molecule has 2 aromatic heterocycles. The Morgan fingerprint density at radius 1 is 1.31 bits per heavy atom. The van der Waals surface area contributed by atoms with Gasteiger partial charge in [0.2, 0.25) is 11.8 Å². The van der Waals surface area contributed by atoms with E-state index in [0.29, 0.717) is 29.2 Å². The summed E-state index contributed by atoms with van der Waals surface area (Å²) in [7, 11) is 1.61. The molecule has 9 nitrogen and oxygen atoms in total. The third kappa shape index (κ3) is 4.83. The van der Waals surface area contributed by atoms with E-state index >= 15 is 0 Å². The number of allylic oxidation sites excluding steroid dienone is 1. The van der Waals surface area contributed by atoms with Crippen LogP contribution in [-0.4, -0.2) is 43.7 Å². The van der Waals surface area contributed by atoms with Crippen molar-refractivity contribution in [3.63, 3.8) is 0 Å². The summed E-state index contributed by atoms with van der Waals surface area (Å²) in [4.78, 5) is 12.3. The van der Waals surface area contributed by atoms with Gasteiger partial charge >= 0.3 is 6.01 Å². The molecule has 0 spiro atoms. The van der Waals surface area contributed by atoms with Gasteiger partial charge in [-0.2, -0.15) is 0 Å². The van der Waals surface area contributed by atoms with E-state index in [1.807, 2.05) is 42.7 Å². The number of para-hydroxylation sites is 1. The van der Waals surface area contributed by atoms with Gasteiger partial charge in [-0.15, -0.1) is 21.9 Å². The molecule has 0 aliphatic rings. The minimum atomic E-state index is -0.277. The maximum atomic E-state index is 12.3. The average molecular weight is 414 g/mol. The van der Waals surface area contributed by atoms with Crippen molar-refractivity contribution in [1.29, 1.82) is 0 Å². The van der Waals surface area contributed by atoms with Crippen molar-refractivity contribution in [3.8, 4) is 17.1 Å². The van der Waals surface area contributed by atoms with Crippen LogP contribution in [0.5, 0.6) is 5.75 Å². The van der Waals surface area contributed by atoms with E-state index in [2.05, 4.69) is 32.3 Å². The number of anilines is 1. The number of nitrogens with one attached hydrogen (secondary N) is 1. The first-order chi connectivity index (χ1) is 14.0. The number of thioether (sulfide) groups is 1. The molecule has 0 saturated heterocycles. The van der Waals surface area contributed by atoms with Crippen LogP contribution < -0.4 is 10.1 Å². The Kier molecular flexibility index (Phi) is 6.65. The number of amides is 1. The molecular weight excluding hydrogens is 392 g/mol. The maximum absolute atomic E-state index is 12.3. The monoisotopic (exact) mass is 414 g/mol. The van der Waals surface area contributed by atoms with Crippen LogP contribution in [0.2, 0.25) is 0 Å². The minimum absolute atomic E-state index is 0.0848. The van der Waals surface area contributed by atoms with Crippen LogP contribution in [0.15, 0.2) is 46.5 Å². The number of carbonyl (C=O) groups is 1. The summed E-state index contributed by atoms with van der Waals surface area (Å²) in [5, 5.41) is 19.4. The lowest BCUT2D eigenvalue weighted by atomic mass is 10.2. The number of aromatic nitrogens is 5. The van der Waals surface area contributed by atoms with Gasteiger partial charge in [0, 0.05) is 12.5 Å². The summed E-state index contributed by atoms with van der Waals surface area (Å²) in [5.74, 6) is 1.73. The summed E-state index contributed by atoms with van der Waals surface area (Å²) >= 11 is 1.26. The fraction of sp³-hybridized carbons (Fsp3) is 0.316. The number of rotatable bonds is 9. The molecule has 29 heavy (non-hydrogen) atoms. The van der Waals surface area contributed by atoms with Crippen LogP contribution in [0.25, 0.3) is 11.4 Å². The van der Waals surface area contributed by atoms with Gasteiger partial charge in [-0.3, -0.25) is 14.7 Å². The number of hydrogen-bond donors (Lipinski definition) is 1. The van der Waals surface area contributed by atoms with E-state index < -0.39 is 0 Å². The van der Waals surface area contributed by atoms with Crippen LogP contribution in [0.1, 0.15) is 25.7 Å². The Bertz CT molecular complexity index is 998. The first kappa shape index (κ1) is 20.6. The Hall–Kier alpha value is -3.14. The summed E-state index contributed by atoms with van der Waals surface area (Å²) in [5.41, 5.74) is 0.813. The third-order valence-electron chi connectivity index (χ3n) is 3.89.